The Hall–Kier alpha value is -1.87. The van der Waals surface area contributed by atoms with Gasteiger partial charge in [0.2, 0.25) is 0 Å². The summed E-state index contributed by atoms with van der Waals surface area (Å²) >= 11 is 0. The Kier molecular flexibility index (Phi) is 9.91. The fraction of sp³-hybridized carbons (Fsp3) is 0.357. The molecule has 2 heterocycles. The summed E-state index contributed by atoms with van der Waals surface area (Å²) in [5.41, 5.74) is -5.53. The molecule has 1 aliphatic rings. The van der Waals surface area contributed by atoms with Gasteiger partial charge in [-0.2, -0.15) is 21.6 Å². The lowest BCUT2D eigenvalue weighted by Gasteiger charge is -2.18. The van der Waals surface area contributed by atoms with Gasteiger partial charge >= 0.3 is 15.6 Å². The van der Waals surface area contributed by atoms with Crippen LogP contribution in [-0.2, 0) is 10.1 Å². The van der Waals surface area contributed by atoms with Crippen molar-refractivity contribution in [1.82, 2.24) is 9.88 Å². The minimum absolute atomic E-state index is 1.09. The molecule has 0 saturated heterocycles. The molecule has 0 bridgehead atoms. The highest BCUT2D eigenvalue weighted by molar-refractivity contribution is 7.86. The molecule has 0 radical (unpaired) electrons. The van der Waals surface area contributed by atoms with Crippen molar-refractivity contribution in [3.8, 4) is 0 Å². The highest BCUT2D eigenvalue weighted by Crippen LogP contribution is 2.20. The van der Waals surface area contributed by atoms with Gasteiger partial charge in [-0.1, -0.05) is 25.1 Å². The molecule has 1 aliphatic heterocycles. The summed E-state index contributed by atoms with van der Waals surface area (Å²) in [6, 6.07) is 5.72. The van der Waals surface area contributed by atoms with E-state index >= 15 is 0 Å². The second kappa shape index (κ2) is 10.8. The number of pyridine rings is 1. The van der Waals surface area contributed by atoms with E-state index in [-0.39, 0.29) is 0 Å². The molecule has 23 heavy (non-hydrogen) atoms. The second-order valence-corrected chi connectivity index (χ2v) is 5.62. The van der Waals surface area contributed by atoms with Gasteiger partial charge in [0.05, 0.1) is 0 Å². The molecule has 130 valence electrons. The van der Waals surface area contributed by atoms with Crippen LogP contribution in [0.1, 0.15) is 13.3 Å². The molecule has 0 atom stereocenters. The normalized spacial score (nSPS) is 13.5. The largest absolute Gasteiger partial charge is 0.522 e. The summed E-state index contributed by atoms with van der Waals surface area (Å²) in [5, 5.41) is 0. The van der Waals surface area contributed by atoms with Gasteiger partial charge in [0.1, 0.15) is 0 Å². The predicted octanol–water partition coefficient (Wildman–Crippen LogP) is 3.26. The van der Waals surface area contributed by atoms with Crippen LogP contribution >= 0.6 is 0 Å². The zero-order valence-corrected chi connectivity index (χ0v) is 13.3. The van der Waals surface area contributed by atoms with Crippen molar-refractivity contribution in [2.24, 2.45) is 0 Å². The molecule has 0 unspecified atom stereocenters. The third-order valence-electron chi connectivity index (χ3n) is 2.25. The SMILES string of the molecule is CCCN1C=CC=CC1.O=S(=O)(O)C(F)(F)F.c1ccncc1. The van der Waals surface area contributed by atoms with E-state index in [9.17, 15) is 13.2 Å². The number of allylic oxidation sites excluding steroid dienone is 2. The minimum Gasteiger partial charge on any atom is -0.374 e. The Balaban J connectivity index is 0.000000322. The van der Waals surface area contributed by atoms with Crippen LogP contribution in [0.2, 0.25) is 0 Å². The van der Waals surface area contributed by atoms with Crippen LogP contribution in [0.15, 0.2) is 55.0 Å². The minimum atomic E-state index is -5.84. The first-order valence-corrected chi connectivity index (χ1v) is 8.08. The van der Waals surface area contributed by atoms with Crippen LogP contribution in [0.4, 0.5) is 13.2 Å². The highest BCUT2D eigenvalue weighted by Gasteiger charge is 2.44. The molecule has 5 nitrogen and oxygen atoms in total. The number of hydrogen-bond donors (Lipinski definition) is 1. The number of alkyl halides is 3. The summed E-state index contributed by atoms with van der Waals surface area (Å²) < 4.78 is 57.5. The molecular formula is C14H19F3N2O3S. The maximum Gasteiger partial charge on any atom is 0.522 e. The van der Waals surface area contributed by atoms with Crippen molar-refractivity contribution < 1.29 is 26.1 Å². The van der Waals surface area contributed by atoms with Gasteiger partial charge in [0, 0.05) is 25.5 Å². The Morgan fingerprint density at radius 2 is 1.74 bits per heavy atom. The van der Waals surface area contributed by atoms with E-state index in [0.29, 0.717) is 0 Å². The average Bonchev–Trinajstić information content (AvgIpc) is 2.50. The molecule has 0 amide bonds. The Bertz CT molecular complexity index is 546. The zero-order chi connectivity index (χ0) is 17.8. The molecule has 0 fully saturated rings. The molecule has 0 saturated carbocycles. The summed E-state index contributed by atoms with van der Waals surface area (Å²) in [6.07, 6.45) is 13.2. The van der Waals surface area contributed by atoms with E-state index in [2.05, 4.69) is 41.2 Å². The molecule has 0 aromatic carbocycles. The van der Waals surface area contributed by atoms with Crippen molar-refractivity contribution in [3.63, 3.8) is 0 Å². The fourth-order valence-electron chi connectivity index (χ4n) is 1.27. The molecule has 0 spiro atoms. The third kappa shape index (κ3) is 11.4. The highest BCUT2D eigenvalue weighted by atomic mass is 32.2. The molecule has 1 N–H and O–H groups in total. The number of rotatable bonds is 2. The summed E-state index contributed by atoms with van der Waals surface area (Å²) in [7, 11) is -5.84. The van der Waals surface area contributed by atoms with Crippen LogP contribution in [-0.4, -0.2) is 41.5 Å². The standard InChI is InChI=1S/C8H13N.C5H5N.CHF3O3S/c1-2-6-9-7-4-3-5-8-9;1-2-4-6-5-3-1;2-1(3,4)8(5,6)7/h3-5,7H,2,6,8H2,1H3;1-5H;(H,5,6,7). The van der Waals surface area contributed by atoms with Gasteiger partial charge in [-0.25, -0.2) is 0 Å². The van der Waals surface area contributed by atoms with E-state index in [1.807, 2.05) is 18.2 Å². The first-order chi connectivity index (χ1) is 10.7. The number of nitrogens with zero attached hydrogens (tertiary/aromatic N) is 2. The maximum atomic E-state index is 10.7. The van der Waals surface area contributed by atoms with Crippen LogP contribution in [0, 0.1) is 0 Å². The number of halogens is 3. The van der Waals surface area contributed by atoms with Crippen molar-refractivity contribution in [1.29, 1.82) is 0 Å². The lowest BCUT2D eigenvalue weighted by Crippen LogP contribution is -2.21. The van der Waals surface area contributed by atoms with Gasteiger partial charge in [0.25, 0.3) is 0 Å². The second-order valence-electron chi connectivity index (χ2n) is 4.21. The lowest BCUT2D eigenvalue weighted by molar-refractivity contribution is -0.0510. The van der Waals surface area contributed by atoms with Crippen LogP contribution in [0.5, 0.6) is 0 Å². The Labute approximate surface area is 133 Å². The van der Waals surface area contributed by atoms with Gasteiger partial charge in [-0.15, -0.1) is 0 Å². The van der Waals surface area contributed by atoms with Crippen molar-refractivity contribution >= 4 is 10.1 Å². The van der Waals surface area contributed by atoms with Gasteiger partial charge in [0.15, 0.2) is 0 Å². The van der Waals surface area contributed by atoms with Crippen molar-refractivity contribution in [2.75, 3.05) is 13.1 Å². The molecular weight excluding hydrogens is 333 g/mol. The first kappa shape index (κ1) is 21.1. The quantitative estimate of drug-likeness (QED) is 0.653. The molecule has 1 aromatic heterocycles. The molecule has 0 aliphatic carbocycles. The van der Waals surface area contributed by atoms with E-state index in [1.165, 1.54) is 13.0 Å². The van der Waals surface area contributed by atoms with Crippen LogP contribution < -0.4 is 0 Å². The van der Waals surface area contributed by atoms with Gasteiger partial charge in [-0.05, 0) is 30.8 Å². The van der Waals surface area contributed by atoms with E-state index in [1.54, 1.807) is 12.4 Å². The monoisotopic (exact) mass is 352 g/mol. The van der Waals surface area contributed by atoms with Crippen molar-refractivity contribution in [2.45, 2.75) is 18.9 Å². The topological polar surface area (TPSA) is 70.5 Å². The van der Waals surface area contributed by atoms with Gasteiger partial charge < -0.3 is 4.90 Å². The summed E-state index contributed by atoms with van der Waals surface area (Å²) in [5.74, 6) is 0. The third-order valence-corrected chi connectivity index (χ3v) is 2.84. The summed E-state index contributed by atoms with van der Waals surface area (Å²) in [6.45, 7) is 4.47. The Morgan fingerprint density at radius 1 is 1.17 bits per heavy atom. The predicted molar refractivity (Wildman–Crippen MR) is 82.0 cm³/mol. The number of aromatic nitrogens is 1. The summed E-state index contributed by atoms with van der Waals surface area (Å²) in [4.78, 5) is 6.09. The average molecular weight is 352 g/mol. The molecule has 1 aromatic rings. The van der Waals surface area contributed by atoms with Crippen LogP contribution in [0.25, 0.3) is 0 Å². The molecule has 2 rings (SSSR count). The van der Waals surface area contributed by atoms with Crippen molar-refractivity contribution in [3.05, 3.63) is 55.0 Å². The Morgan fingerprint density at radius 3 is 2.00 bits per heavy atom. The van der Waals surface area contributed by atoms with E-state index < -0.39 is 15.6 Å². The zero-order valence-electron chi connectivity index (χ0n) is 12.5. The van der Waals surface area contributed by atoms with E-state index in [4.69, 9.17) is 13.0 Å². The maximum absolute atomic E-state index is 10.7. The fourth-order valence-corrected chi connectivity index (χ4v) is 1.27. The smallest absolute Gasteiger partial charge is 0.374 e. The lowest BCUT2D eigenvalue weighted by atomic mass is 10.3. The van der Waals surface area contributed by atoms with Gasteiger partial charge in [-0.3, -0.25) is 9.54 Å². The number of hydrogen-bond acceptors (Lipinski definition) is 4. The first-order valence-electron chi connectivity index (χ1n) is 6.64. The van der Waals surface area contributed by atoms with E-state index in [0.717, 1.165) is 6.54 Å². The van der Waals surface area contributed by atoms with Crippen LogP contribution in [0.3, 0.4) is 0 Å². The molecule has 9 heteroatoms.